The minimum absolute atomic E-state index is 0. The van der Waals surface area contributed by atoms with Crippen LogP contribution in [0.2, 0.25) is 0 Å². The second-order valence-corrected chi connectivity index (χ2v) is 21.7. The Bertz CT molecular complexity index is 2580. The van der Waals surface area contributed by atoms with Gasteiger partial charge in [-0.3, -0.25) is 9.59 Å². The molecule has 0 unspecified atom stereocenters. The molecule has 2 aromatic carbocycles. The van der Waals surface area contributed by atoms with Crippen LogP contribution in [-0.2, 0) is 35.4 Å². The Labute approximate surface area is 433 Å². The molecule has 21 heteroatoms. The SMILES string of the molecule is Cl.O=C(CC1COC1)c1ccc(CN[C@H]2CCC[C@@H](Nc3ncnc4sc(CC(F)(F)F)cc34)C2)cc1.O=C(CC1COC1)c1ccc(CN[C@H]2CCC[C@@H](Nc3ncnc4sc(CC(F)(F)F)cc34)C2)cc1. The molecule has 392 valence electrons. The van der Waals surface area contributed by atoms with Crippen LogP contribution in [0.15, 0.2) is 73.3 Å². The van der Waals surface area contributed by atoms with Gasteiger partial charge in [-0.05, 0) is 74.6 Å². The largest absolute Gasteiger partial charge is 0.393 e. The number of ketones is 2. The van der Waals surface area contributed by atoms with Crippen LogP contribution in [0.3, 0.4) is 0 Å². The monoisotopic (exact) mass is 1070 g/mol. The van der Waals surface area contributed by atoms with E-state index in [4.69, 9.17) is 9.47 Å². The quantitative estimate of drug-likeness (QED) is 0.0479. The van der Waals surface area contributed by atoms with Crippen molar-refractivity contribution in [2.75, 3.05) is 37.1 Å². The standard InChI is InChI=1S/2C26H29F3N4O2S.ClH/c2*27-26(28,29)11-21-10-22-24(31-15-32-25(22)36-21)33-20-3-1-2-19(9-20)30-12-16-4-6-18(7-5-16)23(34)8-17-13-35-14-17;/h2*4-7,10,15,17,19-20,30H,1-3,8-9,11-14H2,(H,31,32,33);1H/t2*19-,20+;/m00./s1. The van der Waals surface area contributed by atoms with Gasteiger partial charge in [-0.1, -0.05) is 48.5 Å². The highest BCUT2D eigenvalue weighted by molar-refractivity contribution is 7.19. The molecule has 2 aliphatic carbocycles. The van der Waals surface area contributed by atoms with Crippen molar-refractivity contribution >= 4 is 78.7 Å². The molecule has 4 N–H and O–H groups in total. The molecule has 4 atom stereocenters. The minimum Gasteiger partial charge on any atom is -0.381 e. The van der Waals surface area contributed by atoms with E-state index < -0.39 is 25.2 Å². The van der Waals surface area contributed by atoms with Crippen LogP contribution < -0.4 is 21.3 Å². The number of alkyl halides is 6. The number of carbonyl (C=O) groups excluding carboxylic acids is 2. The van der Waals surface area contributed by atoms with Crippen LogP contribution in [-0.4, -0.2) is 94.4 Å². The smallest absolute Gasteiger partial charge is 0.381 e. The molecule has 2 saturated heterocycles. The lowest BCUT2D eigenvalue weighted by molar-refractivity contribution is -0.127. The Balaban J connectivity index is 0.000000192. The molecule has 4 aliphatic rings. The van der Waals surface area contributed by atoms with Gasteiger partial charge in [0.15, 0.2) is 11.6 Å². The Kier molecular flexibility index (Phi) is 18.4. The lowest BCUT2D eigenvalue weighted by Gasteiger charge is -2.31. The number of Topliss-reactive ketones (excluding diaryl/α,β-unsaturated/α-hetero) is 2. The first-order chi connectivity index (χ1) is 34.6. The molecule has 4 fully saturated rings. The van der Waals surface area contributed by atoms with Gasteiger partial charge in [-0.2, -0.15) is 26.3 Å². The molecule has 6 aromatic rings. The van der Waals surface area contributed by atoms with Crippen LogP contribution in [0.1, 0.15) is 106 Å². The first kappa shape index (κ1) is 54.4. The van der Waals surface area contributed by atoms with E-state index in [0.717, 1.165) is 96.3 Å². The molecule has 10 rings (SSSR count). The molecule has 6 heterocycles. The normalized spacial score (nSPS) is 20.6. The number of rotatable bonds is 18. The number of anilines is 2. The lowest BCUT2D eigenvalue weighted by Crippen LogP contribution is -2.38. The molecule has 2 aliphatic heterocycles. The summed E-state index contributed by atoms with van der Waals surface area (Å²) in [6.07, 6.45) is 1.47. The lowest BCUT2D eigenvalue weighted by atomic mass is 9.90. The van der Waals surface area contributed by atoms with Crippen LogP contribution in [0.25, 0.3) is 20.4 Å². The van der Waals surface area contributed by atoms with E-state index in [1.807, 2.05) is 48.5 Å². The first-order valence-corrected chi connectivity index (χ1v) is 26.3. The van der Waals surface area contributed by atoms with E-state index in [-0.39, 0.29) is 45.8 Å². The van der Waals surface area contributed by atoms with E-state index in [2.05, 4.69) is 41.2 Å². The summed E-state index contributed by atoms with van der Waals surface area (Å²) in [5, 5.41) is 15.5. The average molecular weight is 1070 g/mol. The number of ether oxygens (including phenoxy) is 2. The number of hydrogen-bond acceptors (Lipinski definition) is 14. The minimum atomic E-state index is -4.24. The molecule has 0 radical (unpaired) electrons. The predicted molar refractivity (Wildman–Crippen MR) is 274 cm³/mol. The van der Waals surface area contributed by atoms with Crippen LogP contribution >= 0.6 is 35.1 Å². The Hall–Kier alpha value is -4.83. The summed E-state index contributed by atoms with van der Waals surface area (Å²) in [6, 6.07) is 19.7. The summed E-state index contributed by atoms with van der Waals surface area (Å²) in [6.45, 7) is 4.15. The summed E-state index contributed by atoms with van der Waals surface area (Å²) in [5.74, 6) is 2.24. The number of hydrogen-bond donors (Lipinski definition) is 4. The van der Waals surface area contributed by atoms with Gasteiger partial charge in [0.05, 0.1) is 50.0 Å². The fraction of sp³-hybridized carbons (Fsp3) is 0.500. The highest BCUT2D eigenvalue weighted by atomic mass is 35.5. The summed E-state index contributed by atoms with van der Waals surface area (Å²) < 4.78 is 87.3. The van der Waals surface area contributed by atoms with Gasteiger partial charge >= 0.3 is 12.4 Å². The Morgan fingerprint density at radius 3 is 1.30 bits per heavy atom. The van der Waals surface area contributed by atoms with E-state index in [1.54, 1.807) is 12.1 Å². The Morgan fingerprint density at radius 1 is 0.562 bits per heavy atom. The Morgan fingerprint density at radius 2 is 0.945 bits per heavy atom. The van der Waals surface area contributed by atoms with E-state index in [9.17, 15) is 35.9 Å². The number of carbonyl (C=O) groups is 2. The van der Waals surface area contributed by atoms with Crippen molar-refractivity contribution in [2.24, 2.45) is 11.8 Å². The van der Waals surface area contributed by atoms with Crippen molar-refractivity contribution in [1.29, 1.82) is 0 Å². The zero-order valence-electron chi connectivity index (χ0n) is 40.0. The third-order valence-corrected chi connectivity index (χ3v) is 15.7. The summed E-state index contributed by atoms with van der Waals surface area (Å²) >= 11 is 2.13. The van der Waals surface area contributed by atoms with Gasteiger partial charge < -0.3 is 30.7 Å². The molecule has 0 spiro atoms. The molecular formula is C52H59ClF6N8O4S2. The molecule has 12 nitrogen and oxygen atoms in total. The topological polar surface area (TPSA) is 152 Å². The first-order valence-electron chi connectivity index (χ1n) is 24.6. The second kappa shape index (κ2) is 24.7. The van der Waals surface area contributed by atoms with Crippen LogP contribution in [0.4, 0.5) is 38.0 Å². The fourth-order valence-corrected chi connectivity index (χ4v) is 11.8. The highest BCUT2D eigenvalue weighted by Gasteiger charge is 2.31. The van der Waals surface area contributed by atoms with E-state index in [0.29, 0.717) is 108 Å². The van der Waals surface area contributed by atoms with Crippen LogP contribution in [0, 0.1) is 11.8 Å². The van der Waals surface area contributed by atoms with Gasteiger partial charge in [0, 0.05) is 82.8 Å². The van der Waals surface area contributed by atoms with E-state index in [1.165, 1.54) is 12.7 Å². The number of aromatic nitrogens is 4. The third kappa shape index (κ3) is 15.6. The number of fused-ring (bicyclic) bond motifs is 2. The molecule has 2 saturated carbocycles. The molecule has 0 amide bonds. The van der Waals surface area contributed by atoms with Gasteiger partial charge in [-0.15, -0.1) is 35.1 Å². The van der Waals surface area contributed by atoms with Crippen molar-refractivity contribution < 1.29 is 45.4 Å². The number of halogens is 7. The average Bonchev–Trinajstić information content (AvgIpc) is 3.93. The summed E-state index contributed by atoms with van der Waals surface area (Å²) in [5.41, 5.74) is 3.74. The highest BCUT2D eigenvalue weighted by Crippen LogP contribution is 2.36. The zero-order valence-corrected chi connectivity index (χ0v) is 42.5. The van der Waals surface area contributed by atoms with Crippen molar-refractivity contribution in [3.05, 3.63) is 105 Å². The van der Waals surface area contributed by atoms with Gasteiger partial charge in [-0.25, -0.2) is 19.9 Å². The van der Waals surface area contributed by atoms with Gasteiger partial charge in [0.1, 0.15) is 34.0 Å². The fourth-order valence-electron chi connectivity index (χ4n) is 9.72. The van der Waals surface area contributed by atoms with Crippen molar-refractivity contribution in [1.82, 2.24) is 30.6 Å². The van der Waals surface area contributed by atoms with Gasteiger partial charge in [0.25, 0.3) is 0 Å². The van der Waals surface area contributed by atoms with Crippen molar-refractivity contribution in [3.8, 4) is 0 Å². The number of thiophene rings is 2. The maximum Gasteiger partial charge on any atom is 0.393 e. The third-order valence-electron chi connectivity index (χ3n) is 13.6. The molecule has 73 heavy (non-hydrogen) atoms. The van der Waals surface area contributed by atoms with Crippen molar-refractivity contribution in [2.45, 2.75) is 127 Å². The molecule has 0 bridgehead atoms. The van der Waals surface area contributed by atoms with E-state index >= 15 is 0 Å². The number of nitrogens with zero attached hydrogens (tertiary/aromatic N) is 4. The number of benzene rings is 2. The zero-order chi connectivity index (χ0) is 50.2. The maximum atomic E-state index is 12.8. The molecule has 4 aromatic heterocycles. The predicted octanol–water partition coefficient (Wildman–Crippen LogP) is 11.5. The summed E-state index contributed by atoms with van der Waals surface area (Å²) in [7, 11) is 0. The van der Waals surface area contributed by atoms with Crippen molar-refractivity contribution in [3.63, 3.8) is 0 Å². The van der Waals surface area contributed by atoms with Crippen LogP contribution in [0.5, 0.6) is 0 Å². The summed E-state index contributed by atoms with van der Waals surface area (Å²) in [4.78, 5) is 43.3. The number of nitrogens with one attached hydrogen (secondary N) is 4. The second-order valence-electron chi connectivity index (χ2n) is 19.5. The maximum absolute atomic E-state index is 12.8. The molecular weight excluding hydrogens is 1010 g/mol. The van der Waals surface area contributed by atoms with Gasteiger partial charge in [0.2, 0.25) is 0 Å².